The quantitative estimate of drug-likeness (QED) is 0.422. The number of rotatable bonds is 10. The molecule has 0 aliphatic carbocycles. The molecule has 1 aromatic heterocycles. The largest absolute Gasteiger partial charge is 0.503 e. The minimum atomic E-state index is -0.843. The SMILES string of the molecule is CCOc1ccc(C2C(C(=O)c3cc4cccc(OC)c4o3)=C(O)C(=O)N2CCN(C)C)cc1OC. The van der Waals surface area contributed by atoms with E-state index in [1.54, 1.807) is 42.5 Å². The van der Waals surface area contributed by atoms with Crippen molar-refractivity contribution in [3.05, 3.63) is 65.1 Å². The van der Waals surface area contributed by atoms with Gasteiger partial charge in [0.05, 0.1) is 32.4 Å². The fraction of sp³-hybridized carbons (Fsp3) is 0.333. The molecule has 0 bridgehead atoms. The predicted octanol–water partition coefficient (Wildman–Crippen LogP) is 3.99. The van der Waals surface area contributed by atoms with Gasteiger partial charge in [-0.05, 0) is 50.8 Å². The molecular weight excluding hydrogens is 464 g/mol. The summed E-state index contributed by atoms with van der Waals surface area (Å²) < 4.78 is 22.3. The maximum absolute atomic E-state index is 13.8. The minimum absolute atomic E-state index is 0.00112. The number of hydrogen-bond donors (Lipinski definition) is 1. The molecule has 1 atom stereocenters. The molecule has 0 radical (unpaired) electrons. The molecule has 36 heavy (non-hydrogen) atoms. The lowest BCUT2D eigenvalue weighted by molar-refractivity contribution is -0.129. The van der Waals surface area contributed by atoms with Gasteiger partial charge in [0.25, 0.3) is 5.91 Å². The molecule has 0 saturated heterocycles. The number of furan rings is 1. The van der Waals surface area contributed by atoms with Crippen molar-refractivity contribution >= 4 is 22.7 Å². The lowest BCUT2D eigenvalue weighted by atomic mass is 9.94. The standard InChI is InChI=1S/C27H30N2O7/c1-6-35-18-11-10-16(14-20(18)34-5)23-22(25(31)27(32)29(23)13-12-28(2)3)24(30)21-15-17-8-7-9-19(33-4)26(17)36-21/h7-11,14-15,23,31H,6,12-13H2,1-5H3. The van der Waals surface area contributed by atoms with E-state index in [0.29, 0.717) is 53.5 Å². The van der Waals surface area contributed by atoms with Crippen LogP contribution in [0.4, 0.5) is 0 Å². The zero-order chi connectivity index (χ0) is 26.0. The molecule has 1 amide bonds. The van der Waals surface area contributed by atoms with Crippen LogP contribution in [-0.4, -0.2) is 74.6 Å². The molecule has 9 nitrogen and oxygen atoms in total. The molecule has 0 spiro atoms. The number of ether oxygens (including phenoxy) is 3. The third-order valence-corrected chi connectivity index (χ3v) is 6.09. The van der Waals surface area contributed by atoms with Crippen molar-refractivity contribution in [2.45, 2.75) is 13.0 Å². The van der Waals surface area contributed by atoms with E-state index in [1.807, 2.05) is 25.9 Å². The fourth-order valence-corrected chi connectivity index (χ4v) is 4.34. The summed E-state index contributed by atoms with van der Waals surface area (Å²) >= 11 is 0. The van der Waals surface area contributed by atoms with Gasteiger partial charge in [0, 0.05) is 18.5 Å². The van der Waals surface area contributed by atoms with E-state index < -0.39 is 23.5 Å². The van der Waals surface area contributed by atoms with Crippen molar-refractivity contribution in [1.29, 1.82) is 0 Å². The van der Waals surface area contributed by atoms with Crippen LogP contribution in [0.25, 0.3) is 11.0 Å². The highest BCUT2D eigenvalue weighted by atomic mass is 16.5. The Morgan fingerprint density at radius 3 is 2.50 bits per heavy atom. The third kappa shape index (κ3) is 4.49. The van der Waals surface area contributed by atoms with Crippen LogP contribution in [0.1, 0.15) is 29.1 Å². The highest BCUT2D eigenvalue weighted by Gasteiger charge is 2.44. The van der Waals surface area contributed by atoms with Gasteiger partial charge in [-0.1, -0.05) is 18.2 Å². The van der Waals surface area contributed by atoms with Crippen LogP contribution in [0.15, 0.2) is 58.2 Å². The molecule has 9 heteroatoms. The van der Waals surface area contributed by atoms with Gasteiger partial charge in [-0.2, -0.15) is 0 Å². The van der Waals surface area contributed by atoms with Gasteiger partial charge in [0.15, 0.2) is 34.4 Å². The Morgan fingerprint density at radius 1 is 1.08 bits per heavy atom. The van der Waals surface area contributed by atoms with E-state index in [2.05, 4.69) is 0 Å². The molecule has 4 rings (SSSR count). The van der Waals surface area contributed by atoms with Crippen LogP contribution in [0.3, 0.4) is 0 Å². The van der Waals surface area contributed by atoms with Gasteiger partial charge in [-0.15, -0.1) is 0 Å². The summed E-state index contributed by atoms with van der Waals surface area (Å²) in [5, 5.41) is 11.6. The number of amides is 1. The zero-order valence-corrected chi connectivity index (χ0v) is 21.0. The van der Waals surface area contributed by atoms with Crippen molar-refractivity contribution in [2.75, 3.05) is 48.0 Å². The number of aliphatic hydroxyl groups excluding tert-OH is 1. The van der Waals surface area contributed by atoms with Crippen LogP contribution >= 0.6 is 0 Å². The summed E-state index contributed by atoms with van der Waals surface area (Å²) in [6, 6.07) is 11.3. The van der Waals surface area contributed by atoms with Gasteiger partial charge < -0.3 is 33.5 Å². The first-order chi connectivity index (χ1) is 17.3. The van der Waals surface area contributed by atoms with E-state index in [9.17, 15) is 14.7 Å². The average molecular weight is 495 g/mol. The average Bonchev–Trinajstić information content (AvgIpc) is 3.42. The second-order valence-electron chi connectivity index (χ2n) is 8.63. The monoisotopic (exact) mass is 494 g/mol. The van der Waals surface area contributed by atoms with Gasteiger partial charge in [-0.25, -0.2) is 0 Å². The van der Waals surface area contributed by atoms with E-state index in [0.717, 1.165) is 0 Å². The molecule has 1 N–H and O–H groups in total. The number of carbonyl (C=O) groups excluding carboxylic acids is 2. The second-order valence-corrected chi connectivity index (χ2v) is 8.63. The summed E-state index contributed by atoms with van der Waals surface area (Å²) in [6.07, 6.45) is 0. The smallest absolute Gasteiger partial charge is 0.290 e. The lowest BCUT2D eigenvalue weighted by Crippen LogP contribution is -2.36. The summed E-state index contributed by atoms with van der Waals surface area (Å²) in [5.41, 5.74) is 0.961. The van der Waals surface area contributed by atoms with E-state index >= 15 is 0 Å². The summed E-state index contributed by atoms with van der Waals surface area (Å²) in [5.74, 6) is -0.312. The first-order valence-corrected chi connectivity index (χ1v) is 11.6. The highest BCUT2D eigenvalue weighted by Crippen LogP contribution is 2.42. The summed E-state index contributed by atoms with van der Waals surface area (Å²) in [7, 11) is 6.81. The Morgan fingerprint density at radius 2 is 1.83 bits per heavy atom. The van der Waals surface area contributed by atoms with Crippen molar-refractivity contribution in [3.63, 3.8) is 0 Å². The molecule has 2 aromatic carbocycles. The number of nitrogens with zero attached hydrogens (tertiary/aromatic N) is 2. The van der Waals surface area contributed by atoms with Crippen molar-refractivity contribution in [3.8, 4) is 17.2 Å². The molecule has 0 fully saturated rings. The Hall–Kier alpha value is -3.98. The molecule has 2 heterocycles. The maximum Gasteiger partial charge on any atom is 0.290 e. The van der Waals surface area contributed by atoms with Crippen LogP contribution in [-0.2, 0) is 4.79 Å². The molecule has 1 aliphatic rings. The number of carbonyl (C=O) groups is 2. The Bertz CT molecular complexity index is 1320. The second kappa shape index (κ2) is 10.3. The van der Waals surface area contributed by atoms with Crippen LogP contribution < -0.4 is 14.2 Å². The fourth-order valence-electron chi connectivity index (χ4n) is 4.34. The van der Waals surface area contributed by atoms with Crippen LogP contribution in [0.5, 0.6) is 17.2 Å². The Kier molecular flexibility index (Phi) is 7.21. The Labute approximate surface area is 209 Å². The molecule has 1 unspecified atom stereocenters. The zero-order valence-electron chi connectivity index (χ0n) is 21.0. The van der Waals surface area contributed by atoms with Crippen LogP contribution in [0, 0.1) is 0 Å². The predicted molar refractivity (Wildman–Crippen MR) is 134 cm³/mol. The first-order valence-electron chi connectivity index (χ1n) is 11.6. The number of hydrogen-bond acceptors (Lipinski definition) is 8. The number of ketones is 1. The van der Waals surface area contributed by atoms with E-state index in [1.165, 1.54) is 19.1 Å². The van der Waals surface area contributed by atoms with Crippen LogP contribution in [0.2, 0.25) is 0 Å². The topological polar surface area (TPSA) is 102 Å². The first kappa shape index (κ1) is 25.1. The molecular formula is C27H30N2O7. The number of methoxy groups -OCH3 is 2. The number of benzene rings is 2. The molecule has 0 saturated carbocycles. The van der Waals surface area contributed by atoms with E-state index in [-0.39, 0.29) is 11.3 Å². The van der Waals surface area contributed by atoms with Gasteiger partial charge in [-0.3, -0.25) is 9.59 Å². The third-order valence-electron chi connectivity index (χ3n) is 6.09. The normalized spacial score (nSPS) is 15.8. The lowest BCUT2D eigenvalue weighted by Gasteiger charge is -2.28. The number of Topliss-reactive ketones (excluding diaryl/α,β-unsaturated/α-hetero) is 1. The van der Waals surface area contributed by atoms with Crippen molar-refractivity contribution in [2.24, 2.45) is 0 Å². The van der Waals surface area contributed by atoms with E-state index in [4.69, 9.17) is 18.6 Å². The Balaban J connectivity index is 1.82. The molecule has 3 aromatic rings. The molecule has 1 aliphatic heterocycles. The summed E-state index contributed by atoms with van der Waals surface area (Å²) in [4.78, 5) is 30.4. The number of aliphatic hydroxyl groups is 1. The summed E-state index contributed by atoms with van der Waals surface area (Å²) in [6.45, 7) is 3.15. The van der Waals surface area contributed by atoms with Gasteiger partial charge >= 0.3 is 0 Å². The number of fused-ring (bicyclic) bond motifs is 1. The van der Waals surface area contributed by atoms with Crippen molar-refractivity contribution in [1.82, 2.24) is 9.80 Å². The number of para-hydroxylation sites is 1. The highest BCUT2D eigenvalue weighted by molar-refractivity contribution is 6.16. The van der Waals surface area contributed by atoms with Gasteiger partial charge in [0.1, 0.15) is 0 Å². The van der Waals surface area contributed by atoms with Crippen molar-refractivity contribution < 1.29 is 33.3 Å². The minimum Gasteiger partial charge on any atom is -0.503 e. The maximum atomic E-state index is 13.8. The number of likely N-dealkylation sites (N-methyl/N-ethyl adjacent to an activating group) is 1. The van der Waals surface area contributed by atoms with Gasteiger partial charge in [0.2, 0.25) is 5.78 Å². The molecule has 190 valence electrons.